The zero-order valence-electron chi connectivity index (χ0n) is 9.39. The molecule has 1 heterocycles. The SMILES string of the molecule is CCC(N)CC(=O)N1CCOC(C(=O)O)C1. The Labute approximate surface area is 94.3 Å². The van der Waals surface area contributed by atoms with Gasteiger partial charge in [-0.3, -0.25) is 4.79 Å². The number of ether oxygens (including phenoxy) is 1. The van der Waals surface area contributed by atoms with Crippen molar-refractivity contribution in [1.29, 1.82) is 0 Å². The molecule has 0 aliphatic carbocycles. The molecule has 0 spiro atoms. The van der Waals surface area contributed by atoms with Crippen molar-refractivity contribution in [2.45, 2.75) is 31.9 Å². The molecule has 0 saturated carbocycles. The number of nitrogens with zero attached hydrogens (tertiary/aromatic N) is 1. The second-order valence-corrected chi connectivity index (χ2v) is 3.91. The number of carboxylic acid groups (broad SMARTS) is 1. The van der Waals surface area contributed by atoms with Crippen LogP contribution in [0.4, 0.5) is 0 Å². The van der Waals surface area contributed by atoms with Crippen LogP contribution in [0.3, 0.4) is 0 Å². The van der Waals surface area contributed by atoms with Gasteiger partial charge in [0.25, 0.3) is 0 Å². The van der Waals surface area contributed by atoms with Crippen LogP contribution in [0.1, 0.15) is 19.8 Å². The smallest absolute Gasteiger partial charge is 0.334 e. The lowest BCUT2D eigenvalue weighted by Crippen LogP contribution is -2.49. The minimum atomic E-state index is -1.03. The molecule has 6 heteroatoms. The highest BCUT2D eigenvalue weighted by atomic mass is 16.5. The van der Waals surface area contributed by atoms with Crippen molar-refractivity contribution in [3.8, 4) is 0 Å². The predicted octanol–water partition coefficient (Wildman–Crippen LogP) is -0.574. The maximum atomic E-state index is 11.7. The lowest BCUT2D eigenvalue weighted by Gasteiger charge is -2.31. The van der Waals surface area contributed by atoms with Gasteiger partial charge in [0.05, 0.1) is 13.2 Å². The molecular formula is C10H18N2O4. The summed E-state index contributed by atoms with van der Waals surface area (Å²) in [5.74, 6) is -1.12. The number of hydrogen-bond acceptors (Lipinski definition) is 4. The standard InChI is InChI=1S/C10H18N2O4/c1-2-7(11)5-9(13)12-3-4-16-8(6-12)10(14)15/h7-8H,2-6,11H2,1H3,(H,14,15). The van der Waals surface area contributed by atoms with Crippen LogP contribution >= 0.6 is 0 Å². The number of carbonyl (C=O) groups is 2. The fourth-order valence-electron chi connectivity index (χ4n) is 1.52. The van der Waals surface area contributed by atoms with Crippen LogP contribution in [0.15, 0.2) is 0 Å². The molecule has 6 nitrogen and oxygen atoms in total. The maximum Gasteiger partial charge on any atom is 0.334 e. The third-order valence-corrected chi connectivity index (χ3v) is 2.66. The molecule has 2 atom stereocenters. The van der Waals surface area contributed by atoms with E-state index >= 15 is 0 Å². The molecule has 1 amide bonds. The second-order valence-electron chi connectivity index (χ2n) is 3.91. The topological polar surface area (TPSA) is 92.9 Å². The van der Waals surface area contributed by atoms with Crippen LogP contribution < -0.4 is 5.73 Å². The van der Waals surface area contributed by atoms with E-state index in [2.05, 4.69) is 0 Å². The average molecular weight is 230 g/mol. The van der Waals surface area contributed by atoms with E-state index in [4.69, 9.17) is 15.6 Å². The lowest BCUT2D eigenvalue weighted by atomic mass is 10.1. The lowest BCUT2D eigenvalue weighted by molar-refractivity contribution is -0.159. The molecule has 0 aromatic rings. The number of rotatable bonds is 4. The van der Waals surface area contributed by atoms with E-state index in [1.54, 1.807) is 0 Å². The van der Waals surface area contributed by atoms with Gasteiger partial charge in [-0.25, -0.2) is 4.79 Å². The Balaban J connectivity index is 2.47. The molecule has 16 heavy (non-hydrogen) atoms. The molecule has 1 fully saturated rings. The van der Waals surface area contributed by atoms with E-state index in [1.165, 1.54) is 4.90 Å². The molecule has 2 unspecified atom stereocenters. The summed E-state index contributed by atoms with van der Waals surface area (Å²) in [7, 11) is 0. The van der Waals surface area contributed by atoms with Crippen molar-refractivity contribution in [3.63, 3.8) is 0 Å². The first kappa shape index (κ1) is 12.9. The highest BCUT2D eigenvalue weighted by Gasteiger charge is 2.29. The van der Waals surface area contributed by atoms with E-state index in [9.17, 15) is 9.59 Å². The Morgan fingerprint density at radius 2 is 2.31 bits per heavy atom. The van der Waals surface area contributed by atoms with Crippen molar-refractivity contribution < 1.29 is 19.4 Å². The van der Waals surface area contributed by atoms with E-state index in [1.807, 2.05) is 6.92 Å². The molecule has 3 N–H and O–H groups in total. The number of amides is 1. The van der Waals surface area contributed by atoms with Crippen molar-refractivity contribution >= 4 is 11.9 Å². The van der Waals surface area contributed by atoms with Gasteiger partial charge < -0.3 is 20.5 Å². The van der Waals surface area contributed by atoms with Crippen LogP contribution in [-0.4, -0.2) is 53.7 Å². The first-order chi connectivity index (χ1) is 7.54. The molecular weight excluding hydrogens is 212 g/mol. The van der Waals surface area contributed by atoms with Gasteiger partial charge in [-0.05, 0) is 6.42 Å². The fraction of sp³-hybridized carbons (Fsp3) is 0.800. The molecule has 1 aliphatic heterocycles. The molecule has 92 valence electrons. The van der Waals surface area contributed by atoms with Gasteiger partial charge in [0.15, 0.2) is 6.10 Å². The fourth-order valence-corrected chi connectivity index (χ4v) is 1.52. The Kier molecular flexibility index (Phi) is 4.70. The summed E-state index contributed by atoms with van der Waals surface area (Å²) in [6, 6.07) is -0.154. The zero-order chi connectivity index (χ0) is 12.1. The monoisotopic (exact) mass is 230 g/mol. The van der Waals surface area contributed by atoms with Crippen molar-refractivity contribution in [3.05, 3.63) is 0 Å². The summed E-state index contributed by atoms with van der Waals surface area (Å²) in [6.07, 6.45) is 0.0944. The van der Waals surface area contributed by atoms with Gasteiger partial charge in [0.2, 0.25) is 5.91 Å². The minimum Gasteiger partial charge on any atom is -0.479 e. The minimum absolute atomic E-state index is 0.0936. The first-order valence-corrected chi connectivity index (χ1v) is 5.42. The molecule has 0 aromatic carbocycles. The Bertz CT molecular complexity index is 270. The molecule has 1 saturated heterocycles. The zero-order valence-corrected chi connectivity index (χ0v) is 9.39. The van der Waals surface area contributed by atoms with Gasteiger partial charge in [-0.15, -0.1) is 0 Å². The molecule has 1 aliphatic rings. The van der Waals surface area contributed by atoms with Crippen molar-refractivity contribution in [2.24, 2.45) is 5.73 Å². The second kappa shape index (κ2) is 5.81. The highest BCUT2D eigenvalue weighted by molar-refractivity contribution is 5.79. The summed E-state index contributed by atoms with van der Waals surface area (Å²) in [4.78, 5) is 24.0. The predicted molar refractivity (Wildman–Crippen MR) is 56.8 cm³/mol. The largest absolute Gasteiger partial charge is 0.479 e. The van der Waals surface area contributed by atoms with Gasteiger partial charge in [0, 0.05) is 19.0 Å². The quantitative estimate of drug-likeness (QED) is 0.674. The summed E-state index contributed by atoms with van der Waals surface area (Å²) < 4.78 is 5.03. The van der Waals surface area contributed by atoms with Crippen molar-refractivity contribution in [2.75, 3.05) is 19.7 Å². The van der Waals surface area contributed by atoms with Gasteiger partial charge in [-0.1, -0.05) is 6.92 Å². The summed E-state index contributed by atoms with van der Waals surface area (Å²) >= 11 is 0. The maximum absolute atomic E-state index is 11.7. The number of hydrogen-bond donors (Lipinski definition) is 2. The van der Waals surface area contributed by atoms with Crippen LogP contribution in [0, 0.1) is 0 Å². The van der Waals surface area contributed by atoms with Gasteiger partial charge >= 0.3 is 5.97 Å². The van der Waals surface area contributed by atoms with Crippen LogP contribution in [-0.2, 0) is 14.3 Å². The van der Waals surface area contributed by atoms with Gasteiger partial charge in [-0.2, -0.15) is 0 Å². The number of nitrogens with two attached hydrogens (primary N) is 1. The van der Waals surface area contributed by atoms with E-state index in [0.29, 0.717) is 6.54 Å². The Hall–Kier alpha value is -1.14. The third-order valence-electron chi connectivity index (χ3n) is 2.66. The number of carboxylic acids is 1. The van der Waals surface area contributed by atoms with Gasteiger partial charge in [0.1, 0.15) is 0 Å². The molecule has 0 radical (unpaired) electrons. The van der Waals surface area contributed by atoms with E-state index in [-0.39, 0.29) is 31.5 Å². The number of carbonyl (C=O) groups excluding carboxylic acids is 1. The molecule has 1 rings (SSSR count). The van der Waals surface area contributed by atoms with Crippen LogP contribution in [0.5, 0.6) is 0 Å². The Morgan fingerprint density at radius 3 is 2.88 bits per heavy atom. The van der Waals surface area contributed by atoms with E-state index < -0.39 is 12.1 Å². The normalized spacial score (nSPS) is 22.9. The summed E-state index contributed by atoms with van der Waals surface area (Å²) in [5, 5.41) is 8.78. The average Bonchev–Trinajstić information content (AvgIpc) is 2.28. The van der Waals surface area contributed by atoms with Crippen molar-refractivity contribution in [1.82, 2.24) is 4.90 Å². The van der Waals surface area contributed by atoms with E-state index in [0.717, 1.165) is 6.42 Å². The third kappa shape index (κ3) is 3.46. The molecule has 0 aromatic heterocycles. The van der Waals surface area contributed by atoms with Crippen LogP contribution in [0.2, 0.25) is 0 Å². The summed E-state index contributed by atoms with van der Waals surface area (Å²) in [6.45, 7) is 2.74. The Morgan fingerprint density at radius 1 is 1.62 bits per heavy atom. The number of aliphatic carboxylic acids is 1. The van der Waals surface area contributed by atoms with Crippen LogP contribution in [0.25, 0.3) is 0 Å². The number of morpholine rings is 1. The first-order valence-electron chi connectivity index (χ1n) is 5.42. The molecule has 0 bridgehead atoms. The summed E-state index contributed by atoms with van der Waals surface area (Å²) in [5.41, 5.74) is 5.68. The highest BCUT2D eigenvalue weighted by Crippen LogP contribution is 2.08.